The average molecular weight is 252 g/mol. The molecule has 0 saturated carbocycles. The first-order valence-electron chi connectivity index (χ1n) is 5.79. The maximum atomic E-state index is 4.31. The molecule has 0 unspecified atom stereocenters. The largest absolute Gasteiger partial charge is 0.265 e. The van der Waals surface area contributed by atoms with Gasteiger partial charge in [-0.1, -0.05) is 24.3 Å². The van der Waals surface area contributed by atoms with Gasteiger partial charge >= 0.3 is 0 Å². The van der Waals surface area contributed by atoms with Gasteiger partial charge < -0.3 is 0 Å². The van der Waals surface area contributed by atoms with Crippen molar-refractivity contribution in [3.05, 3.63) is 71.5 Å². The van der Waals surface area contributed by atoms with E-state index < -0.39 is 0 Å². The highest BCUT2D eigenvalue weighted by Gasteiger charge is 2.01. The maximum absolute atomic E-state index is 4.31. The van der Waals surface area contributed by atoms with Crippen LogP contribution in [0.4, 0.5) is 0 Å². The minimum atomic E-state index is 0.945. The van der Waals surface area contributed by atoms with E-state index in [9.17, 15) is 0 Å². The molecule has 3 heteroatoms. The highest BCUT2D eigenvalue weighted by Crippen LogP contribution is 2.22. The lowest BCUT2D eigenvalue weighted by atomic mass is 10.0. The molecule has 3 aromatic rings. The van der Waals surface area contributed by atoms with Crippen LogP contribution in [0, 0.1) is 0 Å². The van der Waals surface area contributed by atoms with Crippen LogP contribution in [0.1, 0.15) is 11.1 Å². The summed E-state index contributed by atoms with van der Waals surface area (Å²) in [5.41, 5.74) is 3.77. The molecule has 2 aromatic heterocycles. The van der Waals surface area contributed by atoms with Crippen LogP contribution in [0.15, 0.2) is 60.4 Å². The second-order valence-electron chi connectivity index (χ2n) is 4.07. The van der Waals surface area contributed by atoms with Crippen LogP contribution in [-0.4, -0.2) is 9.97 Å². The van der Waals surface area contributed by atoms with Crippen molar-refractivity contribution in [3.63, 3.8) is 0 Å². The van der Waals surface area contributed by atoms with E-state index in [-0.39, 0.29) is 0 Å². The zero-order chi connectivity index (χ0) is 12.2. The number of rotatable bonds is 3. The van der Waals surface area contributed by atoms with Crippen LogP contribution >= 0.6 is 11.3 Å². The normalized spacial score (nSPS) is 10.4. The fourth-order valence-electron chi connectivity index (χ4n) is 1.87. The molecular weight excluding hydrogens is 240 g/mol. The molecule has 18 heavy (non-hydrogen) atoms. The molecule has 0 atom stereocenters. The van der Waals surface area contributed by atoms with Crippen molar-refractivity contribution < 1.29 is 0 Å². The Hall–Kier alpha value is -2.00. The molecule has 0 aliphatic heterocycles. The second kappa shape index (κ2) is 5.10. The third-order valence-corrected chi connectivity index (χ3v) is 3.61. The fraction of sp³-hybridized carbons (Fsp3) is 0.0667. The Bertz CT molecular complexity index is 601. The number of pyridine rings is 1. The van der Waals surface area contributed by atoms with Crippen molar-refractivity contribution in [3.8, 4) is 10.6 Å². The summed E-state index contributed by atoms with van der Waals surface area (Å²) in [6.45, 7) is 0. The Balaban J connectivity index is 1.80. The number of hydrogen-bond donors (Lipinski definition) is 0. The topological polar surface area (TPSA) is 25.8 Å². The van der Waals surface area contributed by atoms with Gasteiger partial charge in [0, 0.05) is 29.5 Å². The van der Waals surface area contributed by atoms with E-state index in [0.717, 1.165) is 11.4 Å². The molecule has 0 bridgehead atoms. The zero-order valence-electron chi connectivity index (χ0n) is 9.78. The van der Waals surface area contributed by atoms with Crippen molar-refractivity contribution >= 4 is 11.3 Å². The van der Waals surface area contributed by atoms with E-state index in [2.05, 4.69) is 46.4 Å². The van der Waals surface area contributed by atoms with Crippen molar-refractivity contribution in [2.45, 2.75) is 6.42 Å². The fourth-order valence-corrected chi connectivity index (χ4v) is 2.51. The van der Waals surface area contributed by atoms with Gasteiger partial charge in [0.25, 0.3) is 0 Å². The number of thiazole rings is 1. The first-order valence-corrected chi connectivity index (χ1v) is 6.67. The van der Waals surface area contributed by atoms with Gasteiger partial charge in [0.2, 0.25) is 0 Å². The molecule has 2 nitrogen and oxygen atoms in total. The van der Waals surface area contributed by atoms with E-state index in [0.29, 0.717) is 0 Å². The lowest BCUT2D eigenvalue weighted by Crippen LogP contribution is -1.88. The summed E-state index contributed by atoms with van der Waals surface area (Å²) in [5, 5.41) is 3.07. The summed E-state index contributed by atoms with van der Waals surface area (Å²) in [6.07, 6.45) is 6.45. The molecule has 0 aliphatic carbocycles. The second-order valence-corrected chi connectivity index (χ2v) is 4.96. The Morgan fingerprint density at radius 2 is 1.56 bits per heavy atom. The van der Waals surface area contributed by atoms with Crippen LogP contribution in [0.5, 0.6) is 0 Å². The molecule has 0 radical (unpaired) electrons. The minimum absolute atomic E-state index is 0.945. The van der Waals surface area contributed by atoms with Crippen LogP contribution in [0.2, 0.25) is 0 Å². The molecule has 1 aromatic carbocycles. The first kappa shape index (κ1) is 11.1. The summed E-state index contributed by atoms with van der Waals surface area (Å²) in [5.74, 6) is 0. The van der Waals surface area contributed by atoms with E-state index >= 15 is 0 Å². The molecule has 0 fully saturated rings. The Morgan fingerprint density at radius 1 is 0.833 bits per heavy atom. The average Bonchev–Trinajstić information content (AvgIpc) is 2.95. The van der Waals surface area contributed by atoms with Crippen LogP contribution < -0.4 is 0 Å². The van der Waals surface area contributed by atoms with Gasteiger partial charge in [-0.15, -0.1) is 11.3 Å². The molecular formula is C15H12N2S. The molecule has 0 N–H and O–H groups in total. The monoisotopic (exact) mass is 252 g/mol. The molecule has 3 rings (SSSR count). The maximum Gasteiger partial charge on any atom is 0.123 e. The van der Waals surface area contributed by atoms with Gasteiger partial charge in [-0.3, -0.25) is 4.98 Å². The number of hydrogen-bond acceptors (Lipinski definition) is 3. The van der Waals surface area contributed by atoms with E-state index in [4.69, 9.17) is 0 Å². The van der Waals surface area contributed by atoms with E-state index in [1.165, 1.54) is 16.7 Å². The van der Waals surface area contributed by atoms with E-state index in [1.807, 2.05) is 24.0 Å². The van der Waals surface area contributed by atoms with Crippen LogP contribution in [0.25, 0.3) is 10.6 Å². The number of benzene rings is 1. The third kappa shape index (κ3) is 2.46. The number of aromatic nitrogens is 2. The van der Waals surface area contributed by atoms with Gasteiger partial charge in [0.1, 0.15) is 5.01 Å². The van der Waals surface area contributed by atoms with Crippen molar-refractivity contribution in [1.29, 1.82) is 0 Å². The predicted octanol–water partition coefficient (Wildman–Crippen LogP) is 3.80. The highest BCUT2D eigenvalue weighted by atomic mass is 32.1. The summed E-state index contributed by atoms with van der Waals surface area (Å²) in [6, 6.07) is 12.7. The summed E-state index contributed by atoms with van der Waals surface area (Å²) in [4.78, 5) is 8.34. The molecule has 0 aliphatic rings. The van der Waals surface area contributed by atoms with Gasteiger partial charge in [-0.25, -0.2) is 4.98 Å². The molecule has 2 heterocycles. The smallest absolute Gasteiger partial charge is 0.123 e. The lowest BCUT2D eigenvalue weighted by Gasteiger charge is -2.02. The Labute approximate surface area is 110 Å². The van der Waals surface area contributed by atoms with Crippen LogP contribution in [0.3, 0.4) is 0 Å². The lowest BCUT2D eigenvalue weighted by molar-refractivity contribution is 1.16. The Kier molecular flexibility index (Phi) is 3.15. The van der Waals surface area contributed by atoms with Gasteiger partial charge in [-0.05, 0) is 29.7 Å². The molecule has 0 saturated heterocycles. The summed E-state index contributed by atoms with van der Waals surface area (Å²) in [7, 11) is 0. The van der Waals surface area contributed by atoms with Crippen molar-refractivity contribution in [2.75, 3.05) is 0 Å². The standard InChI is InChI=1S/C15H12N2S/c1-3-14(15-17-9-10-18-15)4-2-12(1)11-13-5-7-16-8-6-13/h1-10H,11H2. The molecule has 0 amide bonds. The molecule has 88 valence electrons. The van der Waals surface area contributed by atoms with Crippen molar-refractivity contribution in [1.82, 2.24) is 9.97 Å². The number of nitrogens with zero attached hydrogens (tertiary/aromatic N) is 2. The van der Waals surface area contributed by atoms with Crippen LogP contribution in [-0.2, 0) is 6.42 Å². The quantitative estimate of drug-likeness (QED) is 0.708. The van der Waals surface area contributed by atoms with Crippen molar-refractivity contribution in [2.24, 2.45) is 0 Å². The summed E-state index contributed by atoms with van der Waals surface area (Å²) < 4.78 is 0. The van der Waals surface area contributed by atoms with Gasteiger partial charge in [0.05, 0.1) is 0 Å². The Morgan fingerprint density at radius 3 is 2.22 bits per heavy atom. The summed E-state index contributed by atoms with van der Waals surface area (Å²) >= 11 is 1.67. The third-order valence-electron chi connectivity index (χ3n) is 2.79. The highest BCUT2D eigenvalue weighted by molar-refractivity contribution is 7.13. The zero-order valence-corrected chi connectivity index (χ0v) is 10.6. The first-order chi connectivity index (χ1) is 8.92. The molecule has 0 spiro atoms. The SMILES string of the molecule is c1cc(Cc2ccc(-c3nccs3)cc2)ccn1. The minimum Gasteiger partial charge on any atom is -0.265 e. The van der Waals surface area contributed by atoms with E-state index in [1.54, 1.807) is 11.3 Å². The van der Waals surface area contributed by atoms with Gasteiger partial charge in [-0.2, -0.15) is 0 Å². The predicted molar refractivity (Wildman–Crippen MR) is 74.6 cm³/mol. The van der Waals surface area contributed by atoms with Gasteiger partial charge in [0.15, 0.2) is 0 Å².